The molecule has 3 N–H and O–H groups in total. The minimum Gasteiger partial charge on any atom is -0.457 e. The minimum atomic E-state index is -3.74. The van der Waals surface area contributed by atoms with Gasteiger partial charge in [-0.2, -0.15) is 0 Å². The number of sulfone groups is 1. The molecule has 28 heavy (non-hydrogen) atoms. The van der Waals surface area contributed by atoms with Crippen LogP contribution in [0.15, 0.2) is 53.4 Å². The van der Waals surface area contributed by atoms with Crippen LogP contribution in [-0.4, -0.2) is 38.4 Å². The molecule has 0 aliphatic carbocycles. The molecule has 1 aliphatic rings. The number of nitrogens with one attached hydrogen (secondary N) is 2. The Hall–Kier alpha value is -2.13. The van der Waals surface area contributed by atoms with E-state index in [9.17, 15) is 13.2 Å². The molecule has 0 spiro atoms. The zero-order chi connectivity index (χ0) is 20.2. The molecule has 1 heterocycles. The maximum Gasteiger partial charge on any atom is 0.250 e. The van der Waals surface area contributed by atoms with E-state index < -0.39 is 21.2 Å². The van der Waals surface area contributed by atoms with Crippen LogP contribution in [0.4, 0.5) is 0 Å². The van der Waals surface area contributed by atoms with Crippen molar-refractivity contribution in [1.29, 1.82) is 0 Å². The highest BCUT2D eigenvalue weighted by Crippen LogP contribution is 2.33. The molecular formula is C19H21ClN2O5S. The highest BCUT2D eigenvalue weighted by molar-refractivity contribution is 7.91. The van der Waals surface area contributed by atoms with E-state index in [1.54, 1.807) is 41.9 Å². The molecule has 0 bridgehead atoms. The van der Waals surface area contributed by atoms with Gasteiger partial charge in [0.2, 0.25) is 0 Å². The van der Waals surface area contributed by atoms with Crippen molar-refractivity contribution >= 4 is 27.3 Å². The van der Waals surface area contributed by atoms with Crippen molar-refractivity contribution in [2.24, 2.45) is 5.41 Å². The zero-order valence-corrected chi connectivity index (χ0v) is 16.6. The summed E-state index contributed by atoms with van der Waals surface area (Å²) in [5, 5.41) is 12.8. The third-order valence-electron chi connectivity index (χ3n) is 4.84. The summed E-state index contributed by atoms with van der Waals surface area (Å²) in [6, 6.07) is 12.8. The lowest BCUT2D eigenvalue weighted by Gasteiger charge is -2.34. The zero-order valence-electron chi connectivity index (χ0n) is 15.0. The van der Waals surface area contributed by atoms with Crippen LogP contribution in [0, 0.1) is 5.41 Å². The molecule has 1 saturated heterocycles. The molecule has 150 valence electrons. The Morgan fingerprint density at radius 3 is 2.14 bits per heavy atom. The molecular weight excluding hydrogens is 404 g/mol. The predicted molar refractivity (Wildman–Crippen MR) is 104 cm³/mol. The summed E-state index contributed by atoms with van der Waals surface area (Å²) in [4.78, 5) is 12.3. The fourth-order valence-corrected chi connectivity index (χ4v) is 5.25. The molecule has 0 unspecified atom stereocenters. The summed E-state index contributed by atoms with van der Waals surface area (Å²) >= 11 is 5.84. The van der Waals surface area contributed by atoms with Gasteiger partial charge in [0.25, 0.3) is 5.91 Å². The molecule has 2 aromatic rings. The van der Waals surface area contributed by atoms with Gasteiger partial charge in [0.1, 0.15) is 11.5 Å². The topological polar surface area (TPSA) is 105 Å². The van der Waals surface area contributed by atoms with Gasteiger partial charge >= 0.3 is 0 Å². The predicted octanol–water partition coefficient (Wildman–Crippen LogP) is 2.78. The van der Waals surface area contributed by atoms with Crippen molar-refractivity contribution in [3.05, 3.63) is 53.6 Å². The lowest BCUT2D eigenvalue weighted by molar-refractivity contribution is -0.140. The number of rotatable bonds is 6. The summed E-state index contributed by atoms with van der Waals surface area (Å²) in [7, 11) is -3.74. The Balaban J connectivity index is 1.77. The summed E-state index contributed by atoms with van der Waals surface area (Å²) in [6.07, 6.45) is 0.659. The first kappa shape index (κ1) is 20.6. The van der Waals surface area contributed by atoms with Gasteiger partial charge in [-0.05, 0) is 74.5 Å². The number of amides is 1. The number of piperidine rings is 1. The number of ether oxygens (including phenoxy) is 1. The van der Waals surface area contributed by atoms with E-state index in [-0.39, 0.29) is 10.6 Å². The Labute approximate surface area is 168 Å². The van der Waals surface area contributed by atoms with E-state index in [0.717, 1.165) is 0 Å². The van der Waals surface area contributed by atoms with Crippen molar-refractivity contribution in [3.8, 4) is 11.5 Å². The van der Waals surface area contributed by atoms with Gasteiger partial charge in [-0.15, -0.1) is 0 Å². The Bertz CT molecular complexity index is 924. The minimum absolute atomic E-state index is 0.0969. The molecule has 0 radical (unpaired) electrons. The van der Waals surface area contributed by atoms with Crippen LogP contribution in [0.5, 0.6) is 11.5 Å². The van der Waals surface area contributed by atoms with Crippen LogP contribution in [-0.2, 0) is 14.6 Å². The highest BCUT2D eigenvalue weighted by Gasteiger charge is 2.43. The van der Waals surface area contributed by atoms with E-state index >= 15 is 0 Å². The maximum atomic E-state index is 12.9. The van der Waals surface area contributed by atoms with Gasteiger partial charge < -0.3 is 10.1 Å². The lowest BCUT2D eigenvalue weighted by atomic mass is 9.80. The average Bonchev–Trinajstić information content (AvgIpc) is 2.70. The standard InChI is InChI=1S/C19H21ClN2O5S/c20-14-1-3-15(4-2-14)27-16-5-7-17(8-6-16)28(25,26)13-19(18(23)22-24)9-11-21-12-10-19/h1-8,21,24H,9-13H2,(H,22,23). The van der Waals surface area contributed by atoms with E-state index in [1.807, 2.05) is 0 Å². The van der Waals surface area contributed by atoms with E-state index in [2.05, 4.69) is 5.32 Å². The first-order valence-corrected chi connectivity index (χ1v) is 10.8. The smallest absolute Gasteiger partial charge is 0.250 e. The van der Waals surface area contributed by atoms with Crippen LogP contribution in [0.25, 0.3) is 0 Å². The third kappa shape index (κ3) is 4.64. The second-order valence-corrected chi connectivity index (χ2v) is 9.18. The number of carbonyl (C=O) groups is 1. The summed E-state index contributed by atoms with van der Waals surface area (Å²) < 4.78 is 31.5. The van der Waals surface area contributed by atoms with Crippen LogP contribution >= 0.6 is 11.6 Å². The number of benzene rings is 2. The molecule has 3 rings (SSSR count). The molecule has 0 atom stereocenters. The first-order chi connectivity index (χ1) is 13.3. The molecule has 9 heteroatoms. The summed E-state index contributed by atoms with van der Waals surface area (Å²) in [5.74, 6) is 0.0188. The highest BCUT2D eigenvalue weighted by atomic mass is 35.5. The molecule has 1 amide bonds. The largest absolute Gasteiger partial charge is 0.457 e. The van der Waals surface area contributed by atoms with Crippen LogP contribution < -0.4 is 15.5 Å². The lowest BCUT2D eigenvalue weighted by Crippen LogP contribution is -2.50. The maximum absolute atomic E-state index is 12.9. The van der Waals surface area contributed by atoms with Crippen LogP contribution in [0.2, 0.25) is 5.02 Å². The fourth-order valence-electron chi connectivity index (χ4n) is 3.26. The third-order valence-corrected chi connectivity index (χ3v) is 7.02. The van der Waals surface area contributed by atoms with Gasteiger partial charge in [-0.25, -0.2) is 13.9 Å². The number of halogens is 1. The Morgan fingerprint density at radius 1 is 1.07 bits per heavy atom. The molecule has 2 aromatic carbocycles. The number of hydroxylamine groups is 1. The molecule has 0 saturated carbocycles. The van der Waals surface area contributed by atoms with Crippen LogP contribution in [0.3, 0.4) is 0 Å². The van der Waals surface area contributed by atoms with Gasteiger partial charge in [0.15, 0.2) is 9.84 Å². The monoisotopic (exact) mass is 424 g/mol. The van der Waals surface area contributed by atoms with E-state index in [1.165, 1.54) is 12.1 Å². The van der Waals surface area contributed by atoms with Crippen molar-refractivity contribution in [2.75, 3.05) is 18.8 Å². The number of hydrogen-bond acceptors (Lipinski definition) is 6. The second-order valence-electron chi connectivity index (χ2n) is 6.76. The van der Waals surface area contributed by atoms with Gasteiger partial charge in [-0.3, -0.25) is 10.0 Å². The Kier molecular flexibility index (Phi) is 6.24. The number of carbonyl (C=O) groups excluding carboxylic acids is 1. The summed E-state index contributed by atoms with van der Waals surface area (Å²) in [5.41, 5.74) is 0.474. The molecule has 7 nitrogen and oxygen atoms in total. The molecule has 0 aromatic heterocycles. The molecule has 1 fully saturated rings. The Morgan fingerprint density at radius 2 is 1.61 bits per heavy atom. The number of hydrogen-bond donors (Lipinski definition) is 3. The fraction of sp³-hybridized carbons (Fsp3) is 0.316. The average molecular weight is 425 g/mol. The van der Waals surface area contributed by atoms with Crippen LogP contribution in [0.1, 0.15) is 12.8 Å². The van der Waals surface area contributed by atoms with Crippen molar-refractivity contribution in [1.82, 2.24) is 10.8 Å². The van der Waals surface area contributed by atoms with Crippen molar-refractivity contribution in [2.45, 2.75) is 17.7 Å². The summed E-state index contributed by atoms with van der Waals surface area (Å²) in [6.45, 7) is 1.02. The first-order valence-electron chi connectivity index (χ1n) is 8.76. The van der Waals surface area contributed by atoms with Crippen molar-refractivity contribution < 1.29 is 23.2 Å². The normalized spacial score (nSPS) is 16.4. The van der Waals surface area contributed by atoms with Gasteiger partial charge in [0, 0.05) is 5.02 Å². The van der Waals surface area contributed by atoms with Crippen molar-refractivity contribution in [3.63, 3.8) is 0 Å². The van der Waals surface area contributed by atoms with E-state index in [4.69, 9.17) is 21.5 Å². The van der Waals surface area contributed by atoms with E-state index in [0.29, 0.717) is 42.5 Å². The molecule has 1 aliphatic heterocycles. The SMILES string of the molecule is O=C(NO)C1(CS(=O)(=O)c2ccc(Oc3ccc(Cl)cc3)cc2)CCNCC1. The second kappa shape index (κ2) is 8.48. The van der Waals surface area contributed by atoms with Gasteiger partial charge in [0.05, 0.1) is 16.1 Å². The quantitative estimate of drug-likeness (QED) is 0.486. The van der Waals surface area contributed by atoms with Gasteiger partial charge in [-0.1, -0.05) is 11.6 Å².